The molecule has 0 bridgehead atoms. The summed E-state index contributed by atoms with van der Waals surface area (Å²) in [7, 11) is 0. The summed E-state index contributed by atoms with van der Waals surface area (Å²) in [6.45, 7) is 9.35. The quantitative estimate of drug-likeness (QED) is 0.603. The molecule has 0 radical (unpaired) electrons. The average molecular weight is 395 g/mol. The normalized spacial score (nSPS) is 45.7. The highest BCUT2D eigenvalue weighted by Crippen LogP contribution is 2.65. The van der Waals surface area contributed by atoms with Crippen LogP contribution in [0.3, 0.4) is 0 Å². The second-order valence-electron chi connectivity index (χ2n) is 10.8. The van der Waals surface area contributed by atoms with Crippen LogP contribution in [0.2, 0.25) is 0 Å². The summed E-state index contributed by atoms with van der Waals surface area (Å²) in [6.07, 6.45) is 10.00. The number of rotatable bonds is 2. The van der Waals surface area contributed by atoms with Crippen LogP contribution >= 0.6 is 0 Å². The summed E-state index contributed by atoms with van der Waals surface area (Å²) >= 11 is 0. The minimum atomic E-state index is -0.161. The summed E-state index contributed by atoms with van der Waals surface area (Å²) in [4.78, 5) is 11.9. The number of ether oxygens (including phenoxy) is 2. The van der Waals surface area contributed by atoms with Gasteiger partial charge in [0.2, 0.25) is 0 Å². The lowest BCUT2D eigenvalue weighted by Crippen LogP contribution is -2.57. The second kappa shape index (κ2) is 6.62. The minimum Gasteiger partial charge on any atom is -0.490 e. The first-order chi connectivity index (χ1) is 13.8. The highest BCUT2D eigenvalue weighted by atomic mass is 16.5. The van der Waals surface area contributed by atoms with Gasteiger partial charge in [-0.2, -0.15) is 0 Å². The smallest absolute Gasteiger partial charge is 0.330 e. The van der Waals surface area contributed by atoms with Crippen molar-refractivity contribution in [2.45, 2.75) is 72.0 Å². The predicted molar refractivity (Wildman–Crippen MR) is 114 cm³/mol. The van der Waals surface area contributed by atoms with Gasteiger partial charge in [0.05, 0.1) is 6.10 Å². The van der Waals surface area contributed by atoms with Gasteiger partial charge in [0, 0.05) is 11.5 Å². The molecule has 0 saturated heterocycles. The molecular weight excluding hydrogens is 360 g/mol. The summed E-state index contributed by atoms with van der Waals surface area (Å²) in [6, 6.07) is 8.49. The van der Waals surface area contributed by atoms with E-state index in [4.69, 9.17) is 9.47 Å². The third kappa shape index (κ3) is 3.04. The molecule has 0 aromatic heterocycles. The van der Waals surface area contributed by atoms with E-state index in [0.29, 0.717) is 35.2 Å². The molecular formula is C26H34O3. The molecule has 1 aromatic carbocycles. The molecule has 3 saturated carbocycles. The molecule has 29 heavy (non-hydrogen) atoms. The zero-order valence-corrected chi connectivity index (χ0v) is 18.2. The number of carbonyl (C=O) groups is 1. The van der Waals surface area contributed by atoms with Crippen molar-refractivity contribution in [2.24, 2.45) is 34.5 Å². The van der Waals surface area contributed by atoms with Crippen LogP contribution in [0, 0.1) is 41.4 Å². The van der Waals surface area contributed by atoms with E-state index < -0.39 is 0 Å². The van der Waals surface area contributed by atoms with Crippen molar-refractivity contribution >= 4 is 5.97 Å². The van der Waals surface area contributed by atoms with Crippen LogP contribution < -0.4 is 4.74 Å². The first-order valence-electron chi connectivity index (χ1n) is 11.4. The second-order valence-corrected chi connectivity index (χ2v) is 10.8. The minimum absolute atomic E-state index is 0.0116. The zero-order chi connectivity index (χ0) is 20.4. The van der Waals surface area contributed by atoms with Gasteiger partial charge in [-0.25, -0.2) is 4.79 Å². The van der Waals surface area contributed by atoms with Crippen molar-refractivity contribution in [3.8, 4) is 5.75 Å². The van der Waals surface area contributed by atoms with E-state index in [1.807, 2.05) is 0 Å². The molecule has 5 rings (SSSR count). The van der Waals surface area contributed by atoms with Gasteiger partial charge in [-0.05, 0) is 80.2 Å². The van der Waals surface area contributed by atoms with Crippen molar-refractivity contribution in [3.05, 3.63) is 42.0 Å². The van der Waals surface area contributed by atoms with Gasteiger partial charge in [0.15, 0.2) is 0 Å². The highest BCUT2D eigenvalue weighted by Gasteiger charge is 2.61. The molecule has 0 N–H and O–H groups in total. The Hall–Kier alpha value is -1.77. The first-order valence-corrected chi connectivity index (χ1v) is 11.4. The molecule has 0 unspecified atom stereocenters. The van der Waals surface area contributed by atoms with Crippen molar-refractivity contribution in [3.63, 3.8) is 0 Å². The maximum absolute atomic E-state index is 11.9. The number of aryl methyl sites for hydroxylation is 1. The fourth-order valence-corrected chi connectivity index (χ4v) is 7.43. The molecule has 3 aliphatic carbocycles. The number of carbonyl (C=O) groups excluding carboxylic acids is 1. The van der Waals surface area contributed by atoms with Gasteiger partial charge in [-0.1, -0.05) is 44.5 Å². The monoisotopic (exact) mass is 394 g/mol. The molecule has 3 nitrogen and oxygen atoms in total. The molecule has 3 fully saturated rings. The van der Waals surface area contributed by atoms with Gasteiger partial charge < -0.3 is 9.47 Å². The lowest BCUT2D eigenvalue weighted by atomic mass is 9.47. The van der Waals surface area contributed by atoms with Crippen LogP contribution in [0.1, 0.15) is 58.4 Å². The van der Waals surface area contributed by atoms with E-state index in [9.17, 15) is 4.79 Å². The third-order valence-electron chi connectivity index (χ3n) is 8.96. The van der Waals surface area contributed by atoms with Crippen molar-refractivity contribution in [1.82, 2.24) is 0 Å². The maximum atomic E-state index is 11.9. The first kappa shape index (κ1) is 19.2. The highest BCUT2D eigenvalue weighted by molar-refractivity contribution is 5.83. The molecule has 4 aliphatic rings. The van der Waals surface area contributed by atoms with Gasteiger partial charge in [0.1, 0.15) is 11.9 Å². The summed E-state index contributed by atoms with van der Waals surface area (Å²) in [5, 5.41) is 0. The molecule has 8 atom stereocenters. The van der Waals surface area contributed by atoms with Crippen molar-refractivity contribution in [1.29, 1.82) is 0 Å². The number of hydrogen-bond donors (Lipinski definition) is 0. The van der Waals surface area contributed by atoms with E-state index >= 15 is 0 Å². The Bertz CT molecular complexity index is 827. The summed E-state index contributed by atoms with van der Waals surface area (Å²) in [5.41, 5.74) is 1.62. The van der Waals surface area contributed by atoms with Gasteiger partial charge in [-0.3, -0.25) is 0 Å². The van der Waals surface area contributed by atoms with Gasteiger partial charge in [0.25, 0.3) is 0 Å². The van der Waals surface area contributed by atoms with E-state index in [2.05, 4.69) is 58.0 Å². The Kier molecular flexibility index (Phi) is 4.38. The van der Waals surface area contributed by atoms with Crippen molar-refractivity contribution in [2.75, 3.05) is 0 Å². The lowest BCUT2D eigenvalue weighted by Gasteiger charge is -2.59. The molecule has 1 aromatic rings. The number of benzene rings is 1. The van der Waals surface area contributed by atoms with Crippen LogP contribution in [0.4, 0.5) is 0 Å². The van der Waals surface area contributed by atoms with E-state index in [-0.39, 0.29) is 17.5 Å². The van der Waals surface area contributed by atoms with E-state index in [1.54, 1.807) is 6.08 Å². The van der Waals surface area contributed by atoms with Crippen LogP contribution in [0.25, 0.3) is 0 Å². The van der Waals surface area contributed by atoms with Crippen LogP contribution in [-0.2, 0) is 9.53 Å². The fourth-order valence-electron chi connectivity index (χ4n) is 7.43. The summed E-state index contributed by atoms with van der Waals surface area (Å²) < 4.78 is 12.3. The van der Waals surface area contributed by atoms with Crippen LogP contribution in [-0.4, -0.2) is 18.2 Å². The molecule has 0 spiro atoms. The molecule has 1 aliphatic heterocycles. The van der Waals surface area contributed by atoms with Crippen LogP contribution in [0.5, 0.6) is 5.75 Å². The van der Waals surface area contributed by atoms with Crippen LogP contribution in [0.15, 0.2) is 36.4 Å². The fraction of sp³-hybridized carbons (Fsp3) is 0.654. The Labute approximate surface area is 174 Å². The van der Waals surface area contributed by atoms with Gasteiger partial charge in [-0.15, -0.1) is 0 Å². The zero-order valence-electron chi connectivity index (χ0n) is 18.2. The van der Waals surface area contributed by atoms with Crippen molar-refractivity contribution < 1.29 is 14.3 Å². The largest absolute Gasteiger partial charge is 0.490 e. The topological polar surface area (TPSA) is 35.5 Å². The molecule has 156 valence electrons. The Morgan fingerprint density at radius 3 is 2.62 bits per heavy atom. The molecule has 3 heteroatoms. The SMILES string of the molecule is Cc1ccc(O[C@H]2C[C@H]3[C@@H]4[C@@H](C)C[C@H]5OC(=O)C=C[C@]5(C)[C@H]4CC[C@]3(C)C2)cc1. The third-order valence-corrected chi connectivity index (χ3v) is 8.96. The van der Waals surface area contributed by atoms with E-state index in [0.717, 1.165) is 25.0 Å². The number of esters is 1. The maximum Gasteiger partial charge on any atom is 0.330 e. The standard InChI is InChI=1S/C26H34O3/c1-16-5-7-18(8-6-16)28-19-14-21-24-17(2)13-22-26(4,12-10-23(27)29-22)20(24)9-11-25(21,3)15-19/h5-8,10,12,17,19-22,24H,9,11,13-15H2,1-4H3/t17-,19-,20-,21-,22+,24+,25+,26+/m0/s1. The Morgan fingerprint density at radius 1 is 1.10 bits per heavy atom. The van der Waals surface area contributed by atoms with E-state index in [1.165, 1.54) is 18.4 Å². The summed E-state index contributed by atoms with van der Waals surface area (Å²) in [5.74, 6) is 3.40. The average Bonchev–Trinajstić information content (AvgIpc) is 3.01. The molecule has 0 amide bonds. The lowest BCUT2D eigenvalue weighted by molar-refractivity contribution is -0.173. The Balaban J connectivity index is 1.40. The number of hydrogen-bond acceptors (Lipinski definition) is 3. The molecule has 1 heterocycles. The Morgan fingerprint density at radius 2 is 1.86 bits per heavy atom. The number of fused-ring (bicyclic) bond motifs is 5. The van der Waals surface area contributed by atoms with Gasteiger partial charge >= 0.3 is 5.97 Å². The predicted octanol–water partition coefficient (Wildman–Crippen LogP) is 5.71.